The monoisotopic (exact) mass is 622 g/mol. The van der Waals surface area contributed by atoms with Gasteiger partial charge in [0.05, 0.1) is 27.1 Å². The summed E-state index contributed by atoms with van der Waals surface area (Å²) in [6.07, 6.45) is 1.66. The molecular formula is C18H12I2N2O5S. The number of carbonyl (C=O) groups excluding carboxylic acids is 2. The molecule has 0 spiro atoms. The maximum Gasteiger partial charge on any atom is 0.293 e. The molecule has 0 atom stereocenters. The van der Waals surface area contributed by atoms with E-state index in [1.54, 1.807) is 13.2 Å². The molecule has 0 saturated carbocycles. The van der Waals surface area contributed by atoms with Crippen LogP contribution in [0, 0.1) is 17.3 Å². The summed E-state index contributed by atoms with van der Waals surface area (Å²) >= 11 is 5.20. The number of thioether (sulfide) groups is 1. The Hall–Kier alpha value is -1.67. The van der Waals surface area contributed by atoms with Crippen LogP contribution in [-0.4, -0.2) is 28.1 Å². The standard InChI is InChI=1S/C18H12I2N2O5S/c1-27-16-11(6-12(19)8-14(16)20)7-15-17(23)21(18(24)28-15)9-10-2-4-13(5-3-10)22(25)26/h2-8H,9H2,1H3/b15-7-. The number of nitro benzene ring substituents is 1. The highest BCUT2D eigenvalue weighted by atomic mass is 127. The van der Waals surface area contributed by atoms with Gasteiger partial charge in [0.25, 0.3) is 16.8 Å². The number of non-ortho nitro benzene ring substituents is 1. The molecular weight excluding hydrogens is 610 g/mol. The van der Waals surface area contributed by atoms with E-state index in [1.165, 1.54) is 24.3 Å². The molecule has 3 rings (SSSR count). The number of rotatable bonds is 5. The zero-order valence-electron chi connectivity index (χ0n) is 14.3. The maximum atomic E-state index is 12.7. The van der Waals surface area contributed by atoms with Crippen molar-refractivity contribution in [3.8, 4) is 5.75 Å². The average Bonchev–Trinajstić information content (AvgIpc) is 2.89. The van der Waals surface area contributed by atoms with Gasteiger partial charge >= 0.3 is 0 Å². The lowest BCUT2D eigenvalue weighted by Crippen LogP contribution is -2.27. The third kappa shape index (κ3) is 4.49. The number of hydrogen-bond donors (Lipinski definition) is 0. The van der Waals surface area contributed by atoms with Gasteiger partial charge in [0.15, 0.2) is 0 Å². The Balaban J connectivity index is 1.86. The van der Waals surface area contributed by atoms with Crippen LogP contribution in [0.3, 0.4) is 0 Å². The van der Waals surface area contributed by atoms with Gasteiger partial charge in [0.2, 0.25) is 0 Å². The SMILES string of the molecule is COc1c(I)cc(I)cc1/C=C1\SC(=O)N(Cc2ccc([N+](=O)[O-])cc2)C1=O. The molecule has 7 nitrogen and oxygen atoms in total. The summed E-state index contributed by atoms with van der Waals surface area (Å²) in [6.45, 7) is 0.0565. The van der Waals surface area contributed by atoms with Crippen molar-refractivity contribution in [2.24, 2.45) is 0 Å². The quantitative estimate of drug-likeness (QED) is 0.201. The first kappa shape index (κ1) is 21.0. The summed E-state index contributed by atoms with van der Waals surface area (Å²) in [5.74, 6) is 0.243. The number of hydrogen-bond acceptors (Lipinski definition) is 6. The van der Waals surface area contributed by atoms with Gasteiger partial charge in [0.1, 0.15) is 5.75 Å². The first-order chi connectivity index (χ1) is 13.3. The number of halogens is 2. The molecule has 0 aliphatic carbocycles. The minimum atomic E-state index is -0.497. The van der Waals surface area contributed by atoms with E-state index in [0.29, 0.717) is 16.2 Å². The Morgan fingerprint density at radius 2 is 1.89 bits per heavy atom. The zero-order chi connectivity index (χ0) is 20.4. The lowest BCUT2D eigenvalue weighted by molar-refractivity contribution is -0.384. The van der Waals surface area contributed by atoms with Crippen LogP contribution < -0.4 is 4.74 Å². The largest absolute Gasteiger partial charge is 0.495 e. The smallest absolute Gasteiger partial charge is 0.293 e. The number of nitro groups is 1. The van der Waals surface area contributed by atoms with Crippen molar-refractivity contribution >= 4 is 79.9 Å². The van der Waals surface area contributed by atoms with Gasteiger partial charge < -0.3 is 4.74 Å². The molecule has 0 bridgehead atoms. The van der Waals surface area contributed by atoms with Gasteiger partial charge in [-0.25, -0.2) is 0 Å². The van der Waals surface area contributed by atoms with Crippen molar-refractivity contribution in [3.63, 3.8) is 0 Å². The highest BCUT2D eigenvalue weighted by Gasteiger charge is 2.35. The van der Waals surface area contributed by atoms with Crippen molar-refractivity contribution in [1.82, 2.24) is 4.90 Å². The Morgan fingerprint density at radius 1 is 1.21 bits per heavy atom. The van der Waals surface area contributed by atoms with Crippen LogP contribution in [0.25, 0.3) is 6.08 Å². The molecule has 0 aromatic heterocycles. The van der Waals surface area contributed by atoms with Gasteiger partial charge in [-0.15, -0.1) is 0 Å². The molecule has 2 aromatic carbocycles. The predicted molar refractivity (Wildman–Crippen MR) is 123 cm³/mol. The van der Waals surface area contributed by atoms with Crippen LogP contribution in [0.5, 0.6) is 5.75 Å². The molecule has 1 heterocycles. The molecule has 2 aromatic rings. The lowest BCUT2D eigenvalue weighted by Gasteiger charge is -2.12. The second-order valence-electron chi connectivity index (χ2n) is 5.70. The van der Waals surface area contributed by atoms with E-state index in [0.717, 1.165) is 29.4 Å². The molecule has 2 amide bonds. The third-order valence-electron chi connectivity index (χ3n) is 3.89. The minimum Gasteiger partial charge on any atom is -0.495 e. The second-order valence-corrected chi connectivity index (χ2v) is 9.10. The number of ether oxygens (including phenoxy) is 1. The Kier molecular flexibility index (Phi) is 6.60. The second kappa shape index (κ2) is 8.78. The molecule has 28 heavy (non-hydrogen) atoms. The van der Waals surface area contributed by atoms with Crippen LogP contribution in [0.4, 0.5) is 10.5 Å². The number of methoxy groups -OCH3 is 1. The van der Waals surface area contributed by atoms with E-state index < -0.39 is 10.8 Å². The summed E-state index contributed by atoms with van der Waals surface area (Å²) in [7, 11) is 1.56. The van der Waals surface area contributed by atoms with Crippen LogP contribution in [-0.2, 0) is 11.3 Å². The topological polar surface area (TPSA) is 89.8 Å². The molecule has 1 fully saturated rings. The Morgan fingerprint density at radius 3 is 2.50 bits per heavy atom. The van der Waals surface area contributed by atoms with E-state index >= 15 is 0 Å². The normalized spacial score (nSPS) is 15.4. The summed E-state index contributed by atoms with van der Waals surface area (Å²) in [5, 5.41) is 10.4. The van der Waals surface area contributed by atoms with E-state index in [2.05, 4.69) is 45.2 Å². The fourth-order valence-electron chi connectivity index (χ4n) is 2.59. The van der Waals surface area contributed by atoms with E-state index in [-0.39, 0.29) is 17.5 Å². The van der Waals surface area contributed by atoms with E-state index in [9.17, 15) is 19.7 Å². The highest BCUT2D eigenvalue weighted by molar-refractivity contribution is 14.1. The first-order valence-electron chi connectivity index (χ1n) is 7.82. The average molecular weight is 622 g/mol. The number of nitrogens with zero attached hydrogens (tertiary/aromatic N) is 2. The van der Waals surface area contributed by atoms with Crippen LogP contribution in [0.2, 0.25) is 0 Å². The van der Waals surface area contributed by atoms with E-state index in [4.69, 9.17) is 4.74 Å². The Labute approximate surface area is 191 Å². The molecule has 0 unspecified atom stereocenters. The van der Waals surface area contributed by atoms with Crippen molar-refractivity contribution < 1.29 is 19.2 Å². The van der Waals surface area contributed by atoms with Crippen molar-refractivity contribution in [3.05, 3.63) is 69.7 Å². The van der Waals surface area contributed by atoms with Gasteiger partial charge in [-0.1, -0.05) is 12.1 Å². The fraction of sp³-hybridized carbons (Fsp3) is 0.111. The zero-order valence-corrected chi connectivity index (χ0v) is 19.5. The summed E-state index contributed by atoms with van der Waals surface area (Å²) in [4.78, 5) is 36.8. The highest BCUT2D eigenvalue weighted by Crippen LogP contribution is 2.36. The van der Waals surface area contributed by atoms with Crippen molar-refractivity contribution in [2.45, 2.75) is 6.54 Å². The minimum absolute atomic E-state index is 0.0434. The number of benzene rings is 2. The molecule has 0 N–H and O–H groups in total. The molecule has 10 heteroatoms. The van der Waals surface area contributed by atoms with Gasteiger partial charge in [-0.3, -0.25) is 24.6 Å². The number of imide groups is 1. The molecule has 1 saturated heterocycles. The molecule has 1 aliphatic heterocycles. The number of amides is 2. The van der Waals surface area contributed by atoms with Crippen LogP contribution >= 0.6 is 56.9 Å². The predicted octanol–water partition coefficient (Wildman–Crippen LogP) is 5.05. The van der Waals surface area contributed by atoms with Gasteiger partial charge in [0, 0.05) is 21.3 Å². The van der Waals surface area contributed by atoms with Gasteiger partial charge in [-0.05, 0) is 80.7 Å². The first-order valence-corrected chi connectivity index (χ1v) is 10.8. The van der Waals surface area contributed by atoms with Crippen LogP contribution in [0.1, 0.15) is 11.1 Å². The Bertz CT molecular complexity index is 1010. The summed E-state index contributed by atoms with van der Waals surface area (Å²) < 4.78 is 7.32. The van der Waals surface area contributed by atoms with Gasteiger partial charge in [-0.2, -0.15) is 0 Å². The van der Waals surface area contributed by atoms with Crippen molar-refractivity contribution in [1.29, 1.82) is 0 Å². The molecule has 1 aliphatic rings. The maximum absolute atomic E-state index is 12.7. The third-order valence-corrected chi connectivity index (χ3v) is 6.22. The molecule has 0 radical (unpaired) electrons. The number of carbonyl (C=O) groups is 2. The van der Waals surface area contributed by atoms with Crippen LogP contribution in [0.15, 0.2) is 41.3 Å². The van der Waals surface area contributed by atoms with E-state index in [1.807, 2.05) is 12.1 Å². The van der Waals surface area contributed by atoms with Crippen molar-refractivity contribution in [2.75, 3.05) is 7.11 Å². The lowest BCUT2D eigenvalue weighted by atomic mass is 10.1. The molecule has 144 valence electrons. The fourth-order valence-corrected chi connectivity index (χ4v) is 5.53. The summed E-state index contributed by atoms with van der Waals surface area (Å²) in [6, 6.07) is 9.61. The summed E-state index contributed by atoms with van der Waals surface area (Å²) in [5.41, 5.74) is 1.31.